The molecule has 0 bridgehead atoms. The summed E-state index contributed by atoms with van der Waals surface area (Å²) in [6.45, 7) is 4.42. The van der Waals surface area contributed by atoms with E-state index < -0.39 is 36.0 Å². The van der Waals surface area contributed by atoms with E-state index >= 15 is 0 Å². The maximum absolute atomic E-state index is 14.1. The highest BCUT2D eigenvalue weighted by molar-refractivity contribution is 5.86. The number of nitrogens with zero attached hydrogens (tertiary/aromatic N) is 2. The van der Waals surface area contributed by atoms with Gasteiger partial charge in [-0.15, -0.1) is 0 Å². The zero-order valence-electron chi connectivity index (χ0n) is 22.8. The third-order valence-corrected chi connectivity index (χ3v) is 7.17. The molecular weight excluding hydrogens is 518 g/mol. The lowest BCUT2D eigenvalue weighted by Crippen LogP contribution is -2.53. The lowest BCUT2D eigenvalue weighted by Gasteiger charge is -2.34. The van der Waals surface area contributed by atoms with E-state index in [2.05, 4.69) is 0 Å². The predicted molar refractivity (Wildman–Crippen MR) is 147 cm³/mol. The van der Waals surface area contributed by atoms with E-state index in [0.29, 0.717) is 18.8 Å². The molecule has 0 radical (unpaired) electrons. The highest BCUT2D eigenvalue weighted by Gasteiger charge is 2.38. The molecule has 0 saturated carbocycles. The molecule has 0 heterocycles. The molecular formula is C31H34F2N2O5. The molecule has 1 atom stereocenters. The number of carbonyl (C=O) groups excluding carboxylic acids is 1. The minimum atomic E-state index is -1.29. The van der Waals surface area contributed by atoms with E-state index in [1.54, 1.807) is 7.05 Å². The standard InChI is InChI=1S/C31H34F2N2O5/c1-4-39-29(40-5-2)19-34(3)30(36)28(17-20-14-15-26(32)27(33)16-20)35(31(37)38)18-25-23-12-8-6-10-21(23)22-11-7-9-13-24(22)25/h6-16,25,28-29H,4-5,17-19H2,1-3H3,(H,37,38). The topological polar surface area (TPSA) is 79.3 Å². The minimum absolute atomic E-state index is 0.00235. The van der Waals surface area contributed by atoms with Crippen LogP contribution < -0.4 is 0 Å². The lowest BCUT2D eigenvalue weighted by atomic mass is 9.94. The Morgan fingerprint density at radius 3 is 2.00 bits per heavy atom. The Bertz CT molecular complexity index is 1300. The quantitative estimate of drug-likeness (QED) is 0.299. The van der Waals surface area contributed by atoms with Crippen molar-refractivity contribution in [3.8, 4) is 11.1 Å². The summed E-state index contributed by atoms with van der Waals surface area (Å²) >= 11 is 0. The summed E-state index contributed by atoms with van der Waals surface area (Å²) in [5, 5.41) is 10.4. The van der Waals surface area contributed by atoms with Crippen LogP contribution >= 0.6 is 0 Å². The Morgan fingerprint density at radius 2 is 1.48 bits per heavy atom. The molecule has 1 aliphatic carbocycles. The first-order valence-corrected chi connectivity index (χ1v) is 13.3. The van der Waals surface area contributed by atoms with Gasteiger partial charge in [-0.1, -0.05) is 54.6 Å². The Hall–Kier alpha value is -3.82. The molecule has 3 aromatic carbocycles. The molecule has 0 fully saturated rings. The van der Waals surface area contributed by atoms with E-state index in [1.807, 2.05) is 62.4 Å². The molecule has 0 aliphatic heterocycles. The first-order valence-electron chi connectivity index (χ1n) is 13.3. The summed E-state index contributed by atoms with van der Waals surface area (Å²) in [6.07, 6.45) is -2.13. The number of halogens is 2. The summed E-state index contributed by atoms with van der Waals surface area (Å²) in [5.74, 6) is -2.90. The van der Waals surface area contributed by atoms with Gasteiger partial charge in [-0.05, 0) is 53.8 Å². The smallest absolute Gasteiger partial charge is 0.408 e. The van der Waals surface area contributed by atoms with Gasteiger partial charge in [0.25, 0.3) is 0 Å². The molecule has 212 valence electrons. The van der Waals surface area contributed by atoms with Crippen molar-refractivity contribution in [2.24, 2.45) is 0 Å². The SMILES string of the molecule is CCOC(CN(C)C(=O)C(Cc1ccc(F)c(F)c1)N(CC1c2ccccc2-c2ccccc21)C(=O)O)OCC. The summed E-state index contributed by atoms with van der Waals surface area (Å²) in [4.78, 5) is 29.2. The second kappa shape index (κ2) is 13.0. The first-order chi connectivity index (χ1) is 19.2. The fraction of sp³-hybridized carbons (Fsp3) is 0.355. The van der Waals surface area contributed by atoms with Crippen molar-refractivity contribution in [3.05, 3.63) is 95.1 Å². The summed E-state index contributed by atoms with van der Waals surface area (Å²) in [5.41, 5.74) is 4.27. The van der Waals surface area contributed by atoms with Crippen LogP contribution in [0.15, 0.2) is 66.7 Å². The van der Waals surface area contributed by atoms with Crippen LogP contribution in [0.2, 0.25) is 0 Å². The molecule has 9 heteroatoms. The van der Waals surface area contributed by atoms with Gasteiger partial charge in [-0.3, -0.25) is 9.69 Å². The van der Waals surface area contributed by atoms with E-state index in [4.69, 9.17) is 9.47 Å². The third kappa shape index (κ3) is 6.32. The minimum Gasteiger partial charge on any atom is -0.465 e. The van der Waals surface area contributed by atoms with Gasteiger partial charge in [0.05, 0.1) is 6.54 Å². The number of rotatable bonds is 12. The van der Waals surface area contributed by atoms with Gasteiger partial charge in [-0.2, -0.15) is 0 Å². The zero-order chi connectivity index (χ0) is 28.8. The first kappa shape index (κ1) is 29.2. The average Bonchev–Trinajstić information content (AvgIpc) is 3.25. The van der Waals surface area contributed by atoms with Crippen LogP contribution in [-0.2, 0) is 20.7 Å². The number of amides is 2. The summed E-state index contributed by atoms with van der Waals surface area (Å²) < 4.78 is 39.0. The number of likely N-dealkylation sites (N-methyl/N-ethyl adjacent to an activating group) is 1. The van der Waals surface area contributed by atoms with Gasteiger partial charge in [-0.25, -0.2) is 13.6 Å². The number of hydrogen-bond donors (Lipinski definition) is 1. The van der Waals surface area contributed by atoms with Crippen molar-refractivity contribution in [2.45, 2.75) is 38.5 Å². The molecule has 1 N–H and O–H groups in total. The number of carboxylic acid groups (broad SMARTS) is 1. The fourth-order valence-corrected chi connectivity index (χ4v) is 5.31. The van der Waals surface area contributed by atoms with Crippen molar-refractivity contribution >= 4 is 12.0 Å². The predicted octanol–water partition coefficient (Wildman–Crippen LogP) is 5.53. The number of fused-ring (bicyclic) bond motifs is 3. The van der Waals surface area contributed by atoms with Crippen molar-refractivity contribution in [3.63, 3.8) is 0 Å². The van der Waals surface area contributed by atoms with E-state index in [0.717, 1.165) is 39.3 Å². The van der Waals surface area contributed by atoms with Gasteiger partial charge in [0.2, 0.25) is 5.91 Å². The van der Waals surface area contributed by atoms with Crippen LogP contribution in [0.25, 0.3) is 11.1 Å². The molecule has 0 spiro atoms. The van der Waals surface area contributed by atoms with Gasteiger partial charge < -0.3 is 19.5 Å². The van der Waals surface area contributed by atoms with Crippen molar-refractivity contribution < 1.29 is 33.0 Å². The van der Waals surface area contributed by atoms with Crippen LogP contribution in [0.1, 0.15) is 36.5 Å². The van der Waals surface area contributed by atoms with Crippen molar-refractivity contribution in [2.75, 3.05) is 33.4 Å². The van der Waals surface area contributed by atoms with Crippen molar-refractivity contribution in [1.29, 1.82) is 0 Å². The maximum Gasteiger partial charge on any atom is 0.408 e. The molecule has 3 aromatic rings. The second-order valence-corrected chi connectivity index (χ2v) is 9.69. The van der Waals surface area contributed by atoms with Crippen LogP contribution in [0.4, 0.5) is 13.6 Å². The van der Waals surface area contributed by atoms with Gasteiger partial charge in [0.15, 0.2) is 17.9 Å². The summed E-state index contributed by atoms with van der Waals surface area (Å²) in [7, 11) is 1.55. The van der Waals surface area contributed by atoms with E-state index in [1.165, 1.54) is 11.0 Å². The number of benzene rings is 3. The Kier molecular flexibility index (Phi) is 9.50. The largest absolute Gasteiger partial charge is 0.465 e. The molecule has 0 aromatic heterocycles. The molecule has 7 nitrogen and oxygen atoms in total. The third-order valence-electron chi connectivity index (χ3n) is 7.17. The molecule has 2 amide bonds. The van der Waals surface area contributed by atoms with E-state index in [-0.39, 0.29) is 25.4 Å². The van der Waals surface area contributed by atoms with Crippen LogP contribution in [0.3, 0.4) is 0 Å². The number of ether oxygens (including phenoxy) is 2. The Balaban J connectivity index is 1.70. The molecule has 40 heavy (non-hydrogen) atoms. The molecule has 1 aliphatic rings. The van der Waals surface area contributed by atoms with Gasteiger partial charge in [0, 0.05) is 39.1 Å². The molecule has 0 saturated heterocycles. The van der Waals surface area contributed by atoms with Crippen LogP contribution in [0.5, 0.6) is 0 Å². The average molecular weight is 553 g/mol. The second-order valence-electron chi connectivity index (χ2n) is 9.69. The van der Waals surface area contributed by atoms with Crippen LogP contribution in [-0.4, -0.2) is 72.6 Å². The summed E-state index contributed by atoms with van der Waals surface area (Å²) in [6, 6.07) is 17.7. The molecule has 4 rings (SSSR count). The maximum atomic E-state index is 14.1. The normalized spacial score (nSPS) is 13.2. The highest BCUT2D eigenvalue weighted by atomic mass is 19.2. The van der Waals surface area contributed by atoms with Crippen LogP contribution in [0, 0.1) is 11.6 Å². The van der Waals surface area contributed by atoms with E-state index in [9.17, 15) is 23.5 Å². The molecule has 1 unspecified atom stereocenters. The number of carbonyl (C=O) groups is 2. The lowest BCUT2D eigenvalue weighted by molar-refractivity contribution is -0.159. The monoisotopic (exact) mass is 552 g/mol. The highest BCUT2D eigenvalue weighted by Crippen LogP contribution is 2.45. The Morgan fingerprint density at radius 1 is 0.900 bits per heavy atom. The number of hydrogen-bond acceptors (Lipinski definition) is 4. The van der Waals surface area contributed by atoms with Gasteiger partial charge in [0.1, 0.15) is 6.04 Å². The zero-order valence-corrected chi connectivity index (χ0v) is 22.8. The van der Waals surface area contributed by atoms with Gasteiger partial charge >= 0.3 is 6.09 Å². The van der Waals surface area contributed by atoms with Crippen molar-refractivity contribution in [1.82, 2.24) is 9.80 Å². The fourth-order valence-electron chi connectivity index (χ4n) is 5.31. The Labute approximate surface area is 232 Å².